The Hall–Kier alpha value is -1.46. The molecule has 0 aliphatic rings. The molecule has 17 heavy (non-hydrogen) atoms. The van der Waals surface area contributed by atoms with Crippen LogP contribution in [0.1, 0.15) is 10.4 Å². The smallest absolute Gasteiger partial charge is 0.345 e. The van der Waals surface area contributed by atoms with Gasteiger partial charge in [-0.15, -0.1) is 0 Å². The van der Waals surface area contributed by atoms with E-state index in [1.807, 2.05) is 0 Å². The second-order valence-electron chi connectivity index (χ2n) is 3.05. The summed E-state index contributed by atoms with van der Waals surface area (Å²) in [7, 11) is 0. The van der Waals surface area contributed by atoms with Crippen LogP contribution >= 0.6 is 27.5 Å². The lowest BCUT2D eigenvalue weighted by molar-refractivity contribution is 0.0732. The highest BCUT2D eigenvalue weighted by molar-refractivity contribution is 9.10. The first-order valence-electron chi connectivity index (χ1n) is 4.61. The van der Waals surface area contributed by atoms with Crippen molar-refractivity contribution in [3.63, 3.8) is 0 Å². The van der Waals surface area contributed by atoms with Gasteiger partial charge in [0, 0.05) is 12.4 Å². The molecule has 0 aromatic carbocycles. The summed E-state index contributed by atoms with van der Waals surface area (Å²) < 4.78 is 5.61. The van der Waals surface area contributed by atoms with Crippen LogP contribution in [-0.2, 0) is 0 Å². The average Bonchev–Trinajstić information content (AvgIpc) is 2.33. The van der Waals surface area contributed by atoms with Crippen molar-refractivity contribution in [1.82, 2.24) is 9.97 Å². The van der Waals surface area contributed by atoms with E-state index < -0.39 is 5.97 Å². The van der Waals surface area contributed by atoms with Gasteiger partial charge in [-0.05, 0) is 40.2 Å². The van der Waals surface area contributed by atoms with Crippen molar-refractivity contribution in [2.45, 2.75) is 0 Å². The Bertz CT molecular complexity index is 545. The van der Waals surface area contributed by atoms with Crippen LogP contribution in [0.3, 0.4) is 0 Å². The van der Waals surface area contributed by atoms with Gasteiger partial charge >= 0.3 is 5.97 Å². The Kier molecular flexibility index (Phi) is 3.71. The number of rotatable bonds is 2. The maximum atomic E-state index is 11.7. The first-order chi connectivity index (χ1) is 8.16. The standard InChI is InChI=1S/C11H6BrClN2O2/c12-10-8(2-1-5-14-10)17-11(16)7-3-4-9(13)15-6-7/h1-6H. The van der Waals surface area contributed by atoms with E-state index in [9.17, 15) is 4.79 Å². The van der Waals surface area contributed by atoms with Crippen molar-refractivity contribution in [3.8, 4) is 5.75 Å². The lowest BCUT2D eigenvalue weighted by atomic mass is 10.3. The van der Waals surface area contributed by atoms with Crippen molar-refractivity contribution in [3.05, 3.63) is 52.0 Å². The molecule has 0 spiro atoms. The predicted octanol–water partition coefficient (Wildman–Crippen LogP) is 3.11. The fourth-order valence-electron chi connectivity index (χ4n) is 1.10. The zero-order valence-corrected chi connectivity index (χ0v) is 10.8. The Morgan fingerprint density at radius 2 is 2.12 bits per heavy atom. The van der Waals surface area contributed by atoms with E-state index in [4.69, 9.17) is 16.3 Å². The molecule has 4 nitrogen and oxygen atoms in total. The molecule has 0 saturated heterocycles. The molecule has 0 radical (unpaired) electrons. The average molecular weight is 314 g/mol. The van der Waals surface area contributed by atoms with E-state index in [1.165, 1.54) is 12.3 Å². The highest BCUT2D eigenvalue weighted by atomic mass is 79.9. The fraction of sp³-hybridized carbons (Fsp3) is 0. The lowest BCUT2D eigenvalue weighted by Gasteiger charge is -2.04. The van der Waals surface area contributed by atoms with Gasteiger partial charge in [0.1, 0.15) is 9.76 Å². The first-order valence-corrected chi connectivity index (χ1v) is 5.78. The molecular weight excluding hydrogens is 307 g/mol. The molecule has 2 heterocycles. The summed E-state index contributed by atoms with van der Waals surface area (Å²) in [5.41, 5.74) is 0.324. The molecule has 0 bridgehead atoms. The number of carbonyl (C=O) groups is 1. The largest absolute Gasteiger partial charge is 0.420 e. The molecule has 0 atom stereocenters. The summed E-state index contributed by atoms with van der Waals surface area (Å²) in [6.45, 7) is 0. The maximum Gasteiger partial charge on any atom is 0.345 e. The van der Waals surface area contributed by atoms with E-state index in [1.54, 1.807) is 24.4 Å². The molecule has 0 N–H and O–H groups in total. The minimum Gasteiger partial charge on any atom is -0.420 e. The van der Waals surface area contributed by atoms with Crippen molar-refractivity contribution in [2.24, 2.45) is 0 Å². The molecule has 2 rings (SSSR count). The SMILES string of the molecule is O=C(Oc1cccnc1Br)c1ccc(Cl)nc1. The number of hydrogen-bond acceptors (Lipinski definition) is 4. The molecule has 86 valence electrons. The van der Waals surface area contributed by atoms with Gasteiger partial charge in [-0.3, -0.25) is 0 Å². The Labute approximate surface area is 111 Å². The third kappa shape index (κ3) is 3.01. The minimum absolute atomic E-state index is 0.323. The Balaban J connectivity index is 2.17. The van der Waals surface area contributed by atoms with E-state index in [-0.39, 0.29) is 0 Å². The Morgan fingerprint density at radius 3 is 2.76 bits per heavy atom. The highest BCUT2D eigenvalue weighted by Gasteiger charge is 2.11. The molecular formula is C11H6BrClN2O2. The van der Waals surface area contributed by atoms with Crippen molar-refractivity contribution < 1.29 is 9.53 Å². The molecule has 0 aliphatic heterocycles. The third-order valence-corrected chi connectivity index (χ3v) is 2.71. The number of carbonyl (C=O) groups excluding carboxylic acids is 1. The van der Waals surface area contributed by atoms with Gasteiger partial charge in [0.05, 0.1) is 5.56 Å². The molecule has 2 aromatic heterocycles. The van der Waals surface area contributed by atoms with Gasteiger partial charge < -0.3 is 4.74 Å². The summed E-state index contributed by atoms with van der Waals surface area (Å²) in [5.74, 6) is -0.157. The lowest BCUT2D eigenvalue weighted by Crippen LogP contribution is -2.09. The van der Waals surface area contributed by atoms with Crippen LogP contribution in [0, 0.1) is 0 Å². The van der Waals surface area contributed by atoms with Crippen molar-refractivity contribution in [2.75, 3.05) is 0 Å². The summed E-state index contributed by atoms with van der Waals surface area (Å²) in [6, 6.07) is 6.38. The number of ether oxygens (including phenoxy) is 1. The molecule has 0 unspecified atom stereocenters. The number of hydrogen-bond donors (Lipinski definition) is 0. The van der Waals surface area contributed by atoms with E-state index >= 15 is 0 Å². The molecule has 0 saturated carbocycles. The summed E-state index contributed by atoms with van der Waals surface area (Å²) >= 11 is 8.80. The normalized spacial score (nSPS) is 10.0. The Morgan fingerprint density at radius 1 is 1.29 bits per heavy atom. The van der Waals surface area contributed by atoms with Gasteiger partial charge in [0.2, 0.25) is 0 Å². The molecule has 2 aromatic rings. The minimum atomic E-state index is -0.511. The molecule has 6 heteroatoms. The number of pyridine rings is 2. The zero-order chi connectivity index (χ0) is 12.3. The van der Waals surface area contributed by atoms with E-state index in [0.717, 1.165) is 0 Å². The zero-order valence-electron chi connectivity index (χ0n) is 8.43. The quantitative estimate of drug-likeness (QED) is 0.631. The molecule has 0 amide bonds. The topological polar surface area (TPSA) is 52.1 Å². The van der Waals surface area contributed by atoms with Crippen LogP contribution in [0.2, 0.25) is 5.15 Å². The van der Waals surface area contributed by atoms with Crippen LogP contribution in [-0.4, -0.2) is 15.9 Å². The second kappa shape index (κ2) is 5.25. The van der Waals surface area contributed by atoms with Crippen LogP contribution < -0.4 is 4.74 Å². The molecule has 0 fully saturated rings. The fourth-order valence-corrected chi connectivity index (χ4v) is 1.55. The van der Waals surface area contributed by atoms with Crippen molar-refractivity contribution >= 4 is 33.5 Å². The summed E-state index contributed by atoms with van der Waals surface area (Å²) in [5, 5.41) is 0.323. The van der Waals surface area contributed by atoms with Gasteiger partial charge in [-0.1, -0.05) is 11.6 Å². The van der Waals surface area contributed by atoms with Crippen LogP contribution in [0.15, 0.2) is 41.3 Å². The van der Waals surface area contributed by atoms with Gasteiger partial charge in [-0.2, -0.15) is 0 Å². The number of aromatic nitrogens is 2. The summed E-state index contributed by atoms with van der Waals surface area (Å²) in [6.07, 6.45) is 2.94. The van der Waals surface area contributed by atoms with Gasteiger partial charge in [0.25, 0.3) is 0 Å². The number of nitrogens with zero attached hydrogens (tertiary/aromatic N) is 2. The van der Waals surface area contributed by atoms with Gasteiger partial charge in [-0.25, -0.2) is 14.8 Å². The predicted molar refractivity (Wildman–Crippen MR) is 66.1 cm³/mol. The maximum absolute atomic E-state index is 11.7. The monoisotopic (exact) mass is 312 g/mol. The highest BCUT2D eigenvalue weighted by Crippen LogP contribution is 2.22. The first kappa shape index (κ1) is 12.0. The second-order valence-corrected chi connectivity index (χ2v) is 4.19. The third-order valence-electron chi connectivity index (χ3n) is 1.89. The van der Waals surface area contributed by atoms with Gasteiger partial charge in [0.15, 0.2) is 5.75 Å². The molecule has 0 aliphatic carbocycles. The van der Waals surface area contributed by atoms with Crippen LogP contribution in [0.5, 0.6) is 5.75 Å². The van der Waals surface area contributed by atoms with E-state index in [2.05, 4.69) is 25.9 Å². The van der Waals surface area contributed by atoms with E-state index in [0.29, 0.717) is 21.1 Å². The van der Waals surface area contributed by atoms with Crippen LogP contribution in [0.4, 0.5) is 0 Å². The van der Waals surface area contributed by atoms with Crippen LogP contribution in [0.25, 0.3) is 0 Å². The number of halogens is 2. The summed E-state index contributed by atoms with van der Waals surface area (Å²) in [4.78, 5) is 19.5. The van der Waals surface area contributed by atoms with Crippen molar-refractivity contribution in [1.29, 1.82) is 0 Å². The number of esters is 1.